The number of hydrogen-bond donors (Lipinski definition) is 2. The van der Waals surface area contributed by atoms with Crippen molar-refractivity contribution >= 4 is 40.5 Å². The van der Waals surface area contributed by atoms with Crippen LogP contribution in [0, 0.1) is 6.92 Å². The highest BCUT2D eigenvalue weighted by Gasteiger charge is 2.06. The lowest BCUT2D eigenvalue weighted by atomic mass is 10.2. The molecule has 2 N–H and O–H groups in total. The summed E-state index contributed by atoms with van der Waals surface area (Å²) in [6, 6.07) is 26.6. The minimum Gasteiger partial charge on any atom is -0.332 e. The molecular weight excluding hydrogens is 332 g/mol. The van der Waals surface area contributed by atoms with Gasteiger partial charge >= 0.3 is 0 Å². The number of benzene rings is 3. The average molecular weight is 351 g/mol. The van der Waals surface area contributed by atoms with Crippen molar-refractivity contribution in [3.8, 4) is 0 Å². The molecule has 0 amide bonds. The van der Waals surface area contributed by atoms with Gasteiger partial charge < -0.3 is 10.6 Å². The minimum atomic E-state index is 0.588. The van der Waals surface area contributed by atoms with Gasteiger partial charge in [0.05, 0.1) is 5.69 Å². The SMILES string of the molecule is Cc1ccccc1NC(=S)Nc1ccccc1Sc1ccccc1. The van der Waals surface area contributed by atoms with Crippen LogP contribution in [0.1, 0.15) is 5.56 Å². The lowest BCUT2D eigenvalue weighted by molar-refractivity contribution is 1.39. The van der Waals surface area contributed by atoms with Gasteiger partial charge in [-0.05, 0) is 55.0 Å². The number of para-hydroxylation sites is 2. The number of aryl methyl sites for hydroxylation is 1. The van der Waals surface area contributed by atoms with Crippen LogP contribution in [-0.2, 0) is 0 Å². The summed E-state index contributed by atoms with van der Waals surface area (Å²) in [6.07, 6.45) is 0. The van der Waals surface area contributed by atoms with E-state index in [-0.39, 0.29) is 0 Å². The maximum absolute atomic E-state index is 5.47. The molecule has 0 aliphatic rings. The van der Waals surface area contributed by atoms with Gasteiger partial charge in [-0.1, -0.05) is 60.3 Å². The fourth-order valence-corrected chi connectivity index (χ4v) is 3.41. The smallest absolute Gasteiger partial charge is 0.175 e. The van der Waals surface area contributed by atoms with E-state index < -0.39 is 0 Å². The standard InChI is InChI=1S/C20H18N2S2/c1-15-9-5-6-12-17(15)21-20(23)22-18-13-7-8-14-19(18)24-16-10-3-2-4-11-16/h2-14H,1H3,(H2,21,22,23). The fraction of sp³-hybridized carbons (Fsp3) is 0.0500. The summed E-state index contributed by atoms with van der Waals surface area (Å²) in [5, 5.41) is 7.16. The molecule has 0 unspecified atom stereocenters. The monoisotopic (exact) mass is 350 g/mol. The van der Waals surface area contributed by atoms with Gasteiger partial charge in [0.15, 0.2) is 5.11 Å². The van der Waals surface area contributed by atoms with Crippen molar-refractivity contribution in [2.45, 2.75) is 16.7 Å². The van der Waals surface area contributed by atoms with Gasteiger partial charge in [-0.2, -0.15) is 0 Å². The maximum atomic E-state index is 5.47. The van der Waals surface area contributed by atoms with E-state index in [0.717, 1.165) is 21.8 Å². The predicted molar refractivity (Wildman–Crippen MR) is 108 cm³/mol. The van der Waals surface area contributed by atoms with E-state index in [9.17, 15) is 0 Å². The summed E-state index contributed by atoms with van der Waals surface area (Å²) in [7, 11) is 0. The van der Waals surface area contributed by atoms with Crippen LogP contribution in [0.25, 0.3) is 0 Å². The summed E-state index contributed by atoms with van der Waals surface area (Å²) in [6.45, 7) is 2.06. The van der Waals surface area contributed by atoms with Gasteiger partial charge in [0, 0.05) is 15.5 Å². The molecule has 0 aliphatic carbocycles. The zero-order chi connectivity index (χ0) is 16.8. The van der Waals surface area contributed by atoms with Crippen molar-refractivity contribution in [2.75, 3.05) is 10.6 Å². The third-order valence-corrected chi connectivity index (χ3v) is 4.79. The van der Waals surface area contributed by atoms with E-state index >= 15 is 0 Å². The summed E-state index contributed by atoms with van der Waals surface area (Å²) >= 11 is 7.19. The number of hydrogen-bond acceptors (Lipinski definition) is 2. The average Bonchev–Trinajstić information content (AvgIpc) is 2.60. The second-order valence-corrected chi connectivity index (χ2v) is 6.83. The predicted octanol–water partition coefficient (Wildman–Crippen LogP) is 5.96. The van der Waals surface area contributed by atoms with Gasteiger partial charge in [0.25, 0.3) is 0 Å². The molecule has 0 heterocycles. The Morgan fingerprint density at radius 3 is 2.08 bits per heavy atom. The largest absolute Gasteiger partial charge is 0.332 e. The third-order valence-electron chi connectivity index (χ3n) is 3.50. The molecule has 4 heteroatoms. The van der Waals surface area contributed by atoms with E-state index in [0.29, 0.717) is 5.11 Å². The van der Waals surface area contributed by atoms with Gasteiger partial charge in [-0.3, -0.25) is 0 Å². The van der Waals surface area contributed by atoms with E-state index in [1.54, 1.807) is 11.8 Å². The molecule has 0 spiro atoms. The van der Waals surface area contributed by atoms with E-state index in [4.69, 9.17) is 12.2 Å². The molecule has 0 aliphatic heterocycles. The highest BCUT2D eigenvalue weighted by Crippen LogP contribution is 2.33. The normalized spacial score (nSPS) is 10.2. The quantitative estimate of drug-likeness (QED) is 0.567. The highest BCUT2D eigenvalue weighted by molar-refractivity contribution is 7.99. The molecule has 120 valence electrons. The molecule has 3 aromatic rings. The van der Waals surface area contributed by atoms with Crippen molar-refractivity contribution < 1.29 is 0 Å². The van der Waals surface area contributed by atoms with Crippen LogP contribution in [0.15, 0.2) is 88.7 Å². The van der Waals surface area contributed by atoms with Crippen LogP contribution in [0.5, 0.6) is 0 Å². The molecule has 0 radical (unpaired) electrons. The van der Waals surface area contributed by atoms with Gasteiger partial charge in [0.1, 0.15) is 0 Å². The lowest BCUT2D eigenvalue weighted by Crippen LogP contribution is -2.19. The molecule has 24 heavy (non-hydrogen) atoms. The van der Waals surface area contributed by atoms with Crippen LogP contribution >= 0.6 is 24.0 Å². The van der Waals surface area contributed by atoms with Gasteiger partial charge in [-0.25, -0.2) is 0 Å². The van der Waals surface area contributed by atoms with Crippen LogP contribution in [-0.4, -0.2) is 5.11 Å². The van der Waals surface area contributed by atoms with Gasteiger partial charge in [0.2, 0.25) is 0 Å². The molecule has 0 atom stereocenters. The van der Waals surface area contributed by atoms with Crippen LogP contribution < -0.4 is 10.6 Å². The number of rotatable bonds is 4. The van der Waals surface area contributed by atoms with Crippen molar-refractivity contribution in [1.29, 1.82) is 0 Å². The second kappa shape index (κ2) is 7.99. The Morgan fingerprint density at radius 1 is 0.750 bits per heavy atom. The lowest BCUT2D eigenvalue weighted by Gasteiger charge is -2.15. The zero-order valence-corrected chi connectivity index (χ0v) is 15.0. The summed E-state index contributed by atoms with van der Waals surface area (Å²) in [5.41, 5.74) is 3.18. The number of anilines is 2. The molecule has 0 aromatic heterocycles. The van der Waals surface area contributed by atoms with Gasteiger partial charge in [-0.15, -0.1) is 0 Å². The molecule has 0 bridgehead atoms. The zero-order valence-electron chi connectivity index (χ0n) is 13.3. The van der Waals surface area contributed by atoms with Crippen LogP contribution in [0.4, 0.5) is 11.4 Å². The number of nitrogens with one attached hydrogen (secondary N) is 2. The topological polar surface area (TPSA) is 24.1 Å². The third kappa shape index (κ3) is 4.37. The Hall–Kier alpha value is -2.30. The van der Waals surface area contributed by atoms with Crippen molar-refractivity contribution in [1.82, 2.24) is 0 Å². The summed E-state index contributed by atoms with van der Waals surface area (Å²) in [4.78, 5) is 2.34. The van der Waals surface area contributed by atoms with Crippen molar-refractivity contribution in [3.05, 3.63) is 84.4 Å². The van der Waals surface area contributed by atoms with E-state index in [1.165, 1.54) is 4.90 Å². The second-order valence-electron chi connectivity index (χ2n) is 5.31. The minimum absolute atomic E-state index is 0.588. The van der Waals surface area contributed by atoms with E-state index in [1.807, 2.05) is 54.6 Å². The number of thiocarbonyl (C=S) groups is 1. The Bertz CT molecular complexity index is 832. The summed E-state index contributed by atoms with van der Waals surface area (Å²) in [5.74, 6) is 0. The van der Waals surface area contributed by atoms with Crippen molar-refractivity contribution in [2.24, 2.45) is 0 Å². The Morgan fingerprint density at radius 2 is 1.33 bits per heavy atom. The first-order valence-electron chi connectivity index (χ1n) is 7.68. The summed E-state index contributed by atoms with van der Waals surface area (Å²) < 4.78 is 0. The molecule has 0 saturated heterocycles. The Balaban J connectivity index is 1.73. The van der Waals surface area contributed by atoms with Crippen molar-refractivity contribution in [3.63, 3.8) is 0 Å². The van der Waals surface area contributed by atoms with E-state index in [2.05, 4.69) is 41.8 Å². The van der Waals surface area contributed by atoms with Crippen LogP contribution in [0.2, 0.25) is 0 Å². The Labute approximate surface area is 152 Å². The molecule has 3 aromatic carbocycles. The maximum Gasteiger partial charge on any atom is 0.175 e. The molecule has 2 nitrogen and oxygen atoms in total. The first-order chi connectivity index (χ1) is 11.7. The molecule has 0 saturated carbocycles. The molecule has 3 rings (SSSR count). The Kier molecular flexibility index (Phi) is 5.51. The first kappa shape index (κ1) is 16.6. The molecule has 0 fully saturated rings. The molecular formula is C20H18N2S2. The first-order valence-corrected chi connectivity index (χ1v) is 8.90. The fourth-order valence-electron chi connectivity index (χ4n) is 2.26. The van der Waals surface area contributed by atoms with Crippen LogP contribution in [0.3, 0.4) is 0 Å². The highest BCUT2D eigenvalue weighted by atomic mass is 32.2.